The van der Waals surface area contributed by atoms with Crippen molar-refractivity contribution in [2.45, 2.75) is 64.0 Å². The van der Waals surface area contributed by atoms with E-state index in [2.05, 4.69) is 27.1 Å². The van der Waals surface area contributed by atoms with Gasteiger partial charge in [0.2, 0.25) is 5.91 Å². The number of rotatable bonds is 5. The summed E-state index contributed by atoms with van der Waals surface area (Å²) >= 11 is 3.23. The van der Waals surface area contributed by atoms with E-state index < -0.39 is 0 Å². The van der Waals surface area contributed by atoms with Crippen LogP contribution in [0.4, 0.5) is 5.00 Å². The van der Waals surface area contributed by atoms with Gasteiger partial charge in [0.25, 0.3) is 0 Å². The lowest BCUT2D eigenvalue weighted by atomic mass is 9.76. The molecule has 0 bridgehead atoms. The summed E-state index contributed by atoms with van der Waals surface area (Å²) in [5.74, 6) is -0.0824. The van der Waals surface area contributed by atoms with Crippen molar-refractivity contribution in [1.29, 1.82) is 5.26 Å². The lowest BCUT2D eigenvalue weighted by Crippen LogP contribution is -2.54. The maximum Gasteiger partial charge on any atom is 0.241 e. The highest BCUT2D eigenvalue weighted by molar-refractivity contribution is 7.16. The molecule has 1 saturated carbocycles. The van der Waals surface area contributed by atoms with E-state index in [1.54, 1.807) is 22.7 Å². The number of carbonyl (C=O) groups excluding carboxylic acids is 1. The number of aromatic nitrogens is 1. The molecule has 136 valence electrons. The Morgan fingerprint density at radius 2 is 2.19 bits per heavy atom. The first-order chi connectivity index (χ1) is 12.5. The van der Waals surface area contributed by atoms with Crippen molar-refractivity contribution in [3.8, 4) is 6.07 Å². The molecule has 4 rings (SSSR count). The molecule has 1 amide bonds. The highest BCUT2D eigenvalue weighted by atomic mass is 32.1. The average molecular weight is 387 g/mol. The number of nitrogens with one attached hydrogen (secondary N) is 2. The fraction of sp³-hybridized carbons (Fsp3) is 0.526. The Bertz CT molecular complexity index is 888. The van der Waals surface area contributed by atoms with Crippen LogP contribution in [0.5, 0.6) is 0 Å². The summed E-state index contributed by atoms with van der Waals surface area (Å²) in [5.41, 5.74) is 2.66. The summed E-state index contributed by atoms with van der Waals surface area (Å²) in [6, 6.07) is 1.94. The predicted octanol–water partition coefficient (Wildman–Crippen LogP) is 3.87. The molecule has 0 aromatic carbocycles. The molecule has 0 radical (unpaired) electrons. The van der Waals surface area contributed by atoms with Gasteiger partial charge in [-0.05, 0) is 57.9 Å². The van der Waals surface area contributed by atoms with Crippen molar-refractivity contribution in [1.82, 2.24) is 10.3 Å². The number of anilines is 1. The second-order valence-corrected chi connectivity index (χ2v) is 9.22. The number of nitrogens with zero attached hydrogens (tertiary/aromatic N) is 2. The minimum absolute atomic E-state index is 0.0824. The summed E-state index contributed by atoms with van der Waals surface area (Å²) < 4.78 is 0. The normalized spacial score (nSPS) is 18.7. The molecular weight excluding hydrogens is 364 g/mol. The average Bonchev–Trinajstić information content (AvgIpc) is 3.26. The standard InChI is InChI=1S/C19H22N4OS2/c1-11-10-25-18(21-11)19(7-4-8-19)23-12(2)16(24)22-17-14(9-20)13-5-3-6-15(13)26-17/h10,12,23H,3-8H2,1-2H3,(H,22,24). The van der Waals surface area contributed by atoms with Gasteiger partial charge < -0.3 is 5.32 Å². The largest absolute Gasteiger partial charge is 0.315 e. The zero-order valence-corrected chi connectivity index (χ0v) is 16.6. The molecule has 2 N–H and O–H groups in total. The number of aryl methyl sites for hydroxylation is 2. The van der Waals surface area contributed by atoms with Gasteiger partial charge in [-0.3, -0.25) is 10.1 Å². The topological polar surface area (TPSA) is 77.8 Å². The lowest BCUT2D eigenvalue weighted by Gasteiger charge is -2.42. The van der Waals surface area contributed by atoms with Crippen molar-refractivity contribution >= 4 is 33.6 Å². The van der Waals surface area contributed by atoms with Gasteiger partial charge in [-0.15, -0.1) is 22.7 Å². The van der Waals surface area contributed by atoms with Gasteiger partial charge >= 0.3 is 0 Å². The molecule has 5 nitrogen and oxygen atoms in total. The number of nitriles is 1. The Kier molecular flexibility index (Phi) is 4.59. The van der Waals surface area contributed by atoms with Crippen molar-refractivity contribution in [2.75, 3.05) is 5.32 Å². The van der Waals surface area contributed by atoms with Crippen LogP contribution in [0.1, 0.15) is 59.3 Å². The van der Waals surface area contributed by atoms with Gasteiger partial charge in [0.05, 0.1) is 17.1 Å². The molecule has 1 fully saturated rings. The number of thiophene rings is 1. The number of amides is 1. The molecule has 7 heteroatoms. The van der Waals surface area contributed by atoms with Gasteiger partial charge in [0.15, 0.2) is 0 Å². The third kappa shape index (κ3) is 2.96. The first kappa shape index (κ1) is 17.7. The Morgan fingerprint density at radius 3 is 2.81 bits per heavy atom. The maximum absolute atomic E-state index is 12.8. The van der Waals surface area contributed by atoms with E-state index in [1.807, 2.05) is 13.8 Å². The van der Waals surface area contributed by atoms with Crippen LogP contribution < -0.4 is 10.6 Å². The monoisotopic (exact) mass is 386 g/mol. The van der Waals surface area contributed by atoms with Gasteiger partial charge in [0, 0.05) is 16.0 Å². The number of thiazole rings is 1. The van der Waals surface area contributed by atoms with Crippen molar-refractivity contribution in [3.63, 3.8) is 0 Å². The predicted molar refractivity (Wildman–Crippen MR) is 105 cm³/mol. The van der Waals surface area contributed by atoms with Gasteiger partial charge in [-0.25, -0.2) is 4.98 Å². The quantitative estimate of drug-likeness (QED) is 0.818. The molecule has 2 aromatic rings. The summed E-state index contributed by atoms with van der Waals surface area (Å²) in [5, 5.41) is 19.9. The van der Waals surface area contributed by atoms with Crippen LogP contribution in [0.3, 0.4) is 0 Å². The molecule has 1 atom stereocenters. The van der Waals surface area contributed by atoms with Crippen LogP contribution in [0, 0.1) is 18.3 Å². The van der Waals surface area contributed by atoms with Crippen molar-refractivity contribution < 1.29 is 4.79 Å². The molecule has 0 saturated heterocycles. The SMILES string of the molecule is Cc1csc(C2(NC(C)C(=O)Nc3sc4c(c3C#N)CCC4)CCC2)n1. The van der Waals surface area contributed by atoms with E-state index in [1.165, 1.54) is 4.88 Å². The van der Waals surface area contributed by atoms with E-state index >= 15 is 0 Å². The Morgan fingerprint density at radius 1 is 1.38 bits per heavy atom. The molecule has 0 spiro atoms. The molecule has 2 aliphatic carbocycles. The molecule has 2 aromatic heterocycles. The van der Waals surface area contributed by atoms with Gasteiger partial charge in [-0.1, -0.05) is 0 Å². The minimum Gasteiger partial charge on any atom is -0.315 e. The first-order valence-corrected chi connectivity index (χ1v) is 10.8. The fourth-order valence-corrected chi connectivity index (χ4v) is 6.10. The highest BCUT2D eigenvalue weighted by Crippen LogP contribution is 2.43. The van der Waals surface area contributed by atoms with Crippen molar-refractivity contribution in [2.24, 2.45) is 0 Å². The van der Waals surface area contributed by atoms with E-state index in [0.717, 1.165) is 54.8 Å². The smallest absolute Gasteiger partial charge is 0.241 e. The lowest BCUT2D eigenvalue weighted by molar-refractivity contribution is -0.118. The number of hydrogen-bond donors (Lipinski definition) is 2. The van der Waals surface area contributed by atoms with Crippen LogP contribution in [0.2, 0.25) is 0 Å². The molecule has 0 aliphatic heterocycles. The molecule has 2 aliphatic rings. The van der Waals surface area contributed by atoms with Gasteiger partial charge in [-0.2, -0.15) is 5.26 Å². The van der Waals surface area contributed by atoms with Crippen LogP contribution in [-0.4, -0.2) is 16.9 Å². The van der Waals surface area contributed by atoms with E-state index in [0.29, 0.717) is 10.6 Å². The number of carbonyl (C=O) groups is 1. The molecule has 1 unspecified atom stereocenters. The fourth-order valence-electron chi connectivity index (χ4n) is 3.83. The zero-order chi connectivity index (χ0) is 18.3. The highest BCUT2D eigenvalue weighted by Gasteiger charge is 2.43. The van der Waals surface area contributed by atoms with Crippen LogP contribution in [0.15, 0.2) is 5.38 Å². The van der Waals surface area contributed by atoms with Crippen LogP contribution in [-0.2, 0) is 23.2 Å². The van der Waals surface area contributed by atoms with E-state index in [9.17, 15) is 10.1 Å². The summed E-state index contributed by atoms with van der Waals surface area (Å²) in [7, 11) is 0. The summed E-state index contributed by atoms with van der Waals surface area (Å²) in [6.07, 6.45) is 6.24. The van der Waals surface area contributed by atoms with E-state index in [4.69, 9.17) is 0 Å². The van der Waals surface area contributed by atoms with Crippen molar-refractivity contribution in [3.05, 3.63) is 32.1 Å². The first-order valence-electron chi connectivity index (χ1n) is 9.08. The summed E-state index contributed by atoms with van der Waals surface area (Å²) in [6.45, 7) is 3.89. The maximum atomic E-state index is 12.8. The second-order valence-electron chi connectivity index (χ2n) is 7.26. The molecule has 26 heavy (non-hydrogen) atoms. The van der Waals surface area contributed by atoms with Crippen LogP contribution in [0.25, 0.3) is 0 Å². The number of hydrogen-bond acceptors (Lipinski definition) is 6. The molecular formula is C19H22N4OS2. The Balaban J connectivity index is 1.48. The second kappa shape index (κ2) is 6.76. The third-order valence-corrected chi connectivity index (χ3v) is 7.76. The van der Waals surface area contributed by atoms with Crippen LogP contribution >= 0.6 is 22.7 Å². The minimum atomic E-state index is -0.344. The Hall–Kier alpha value is -1.75. The third-order valence-electron chi connectivity index (χ3n) is 5.39. The molecule has 2 heterocycles. The zero-order valence-electron chi connectivity index (χ0n) is 15.0. The Labute approximate surface area is 161 Å². The summed E-state index contributed by atoms with van der Waals surface area (Å²) in [4.78, 5) is 18.7. The van der Waals surface area contributed by atoms with E-state index in [-0.39, 0.29) is 17.5 Å². The number of fused-ring (bicyclic) bond motifs is 1. The van der Waals surface area contributed by atoms with Gasteiger partial charge in [0.1, 0.15) is 16.1 Å².